The van der Waals surface area contributed by atoms with Gasteiger partial charge in [-0.25, -0.2) is 9.78 Å². The fourth-order valence-corrected chi connectivity index (χ4v) is 3.20. The molecule has 0 aliphatic carbocycles. The largest absolute Gasteiger partial charge is 0.497 e. The molecule has 0 aliphatic heterocycles. The fourth-order valence-electron chi connectivity index (χ4n) is 2.38. The molecule has 1 aromatic carbocycles. The maximum Gasteiger partial charge on any atom is 0.326 e. The Kier molecular flexibility index (Phi) is 6.52. The van der Waals surface area contributed by atoms with Crippen molar-refractivity contribution in [2.24, 2.45) is 5.92 Å². The van der Waals surface area contributed by atoms with E-state index in [9.17, 15) is 14.7 Å². The van der Waals surface area contributed by atoms with Crippen LogP contribution in [0.15, 0.2) is 29.6 Å². The Balaban J connectivity index is 2.02. The van der Waals surface area contributed by atoms with Gasteiger partial charge in [0.05, 0.1) is 19.2 Å². The van der Waals surface area contributed by atoms with E-state index in [0.29, 0.717) is 12.1 Å². The number of thiazole rings is 1. The smallest absolute Gasteiger partial charge is 0.326 e. The Bertz CT molecular complexity index is 742. The number of carboxylic acids is 1. The second-order valence-corrected chi connectivity index (χ2v) is 7.00. The molecule has 0 fully saturated rings. The highest BCUT2D eigenvalue weighted by Gasteiger charge is 2.21. The molecule has 0 saturated carbocycles. The van der Waals surface area contributed by atoms with Crippen LogP contribution in [0.3, 0.4) is 0 Å². The van der Waals surface area contributed by atoms with E-state index in [1.807, 2.05) is 43.5 Å². The van der Waals surface area contributed by atoms with Gasteiger partial charge in [0.1, 0.15) is 16.8 Å². The molecular weight excluding hydrogens is 340 g/mol. The maximum atomic E-state index is 12.1. The van der Waals surface area contributed by atoms with Crippen molar-refractivity contribution in [1.29, 1.82) is 0 Å². The summed E-state index contributed by atoms with van der Waals surface area (Å²) < 4.78 is 5.20. The molecule has 1 atom stereocenters. The lowest BCUT2D eigenvalue weighted by molar-refractivity contribution is -0.142. The minimum atomic E-state index is -1.02. The van der Waals surface area contributed by atoms with Gasteiger partial charge in [-0.2, -0.15) is 0 Å². The predicted octanol–water partition coefficient (Wildman–Crippen LogP) is 2.98. The summed E-state index contributed by atoms with van der Waals surface area (Å²) in [6.07, 6.45) is 0.454. The van der Waals surface area contributed by atoms with E-state index >= 15 is 0 Å². The van der Waals surface area contributed by atoms with Gasteiger partial charge in [0.25, 0.3) is 0 Å². The summed E-state index contributed by atoms with van der Waals surface area (Å²) in [7, 11) is 1.60. The fraction of sp³-hybridized carbons (Fsp3) is 0.389. The van der Waals surface area contributed by atoms with Gasteiger partial charge in [-0.05, 0) is 24.5 Å². The van der Waals surface area contributed by atoms with Crippen molar-refractivity contribution in [2.75, 3.05) is 7.11 Å². The van der Waals surface area contributed by atoms with E-state index in [4.69, 9.17) is 4.74 Å². The molecule has 2 aromatic rings. The van der Waals surface area contributed by atoms with Crippen molar-refractivity contribution < 1.29 is 19.4 Å². The van der Waals surface area contributed by atoms with Gasteiger partial charge in [0, 0.05) is 10.9 Å². The molecule has 7 heteroatoms. The first-order valence-corrected chi connectivity index (χ1v) is 8.88. The first-order valence-electron chi connectivity index (χ1n) is 8.00. The Morgan fingerprint density at radius 3 is 2.76 bits per heavy atom. The zero-order chi connectivity index (χ0) is 18.4. The molecule has 0 saturated heterocycles. The van der Waals surface area contributed by atoms with Crippen LogP contribution in [0.5, 0.6) is 5.75 Å². The first-order chi connectivity index (χ1) is 11.9. The molecule has 2 N–H and O–H groups in total. The van der Waals surface area contributed by atoms with Crippen molar-refractivity contribution in [3.63, 3.8) is 0 Å². The number of amides is 1. The van der Waals surface area contributed by atoms with Crippen LogP contribution >= 0.6 is 11.3 Å². The number of carboxylic acid groups (broad SMARTS) is 1. The highest BCUT2D eigenvalue weighted by Crippen LogP contribution is 2.27. The summed E-state index contributed by atoms with van der Waals surface area (Å²) in [5.74, 6) is -0.432. The second kappa shape index (κ2) is 8.62. The molecule has 134 valence electrons. The third-order valence-corrected chi connectivity index (χ3v) is 4.49. The van der Waals surface area contributed by atoms with Gasteiger partial charge < -0.3 is 15.2 Å². The number of nitrogens with one attached hydrogen (secondary N) is 1. The number of nitrogens with zero attached hydrogens (tertiary/aromatic N) is 1. The van der Waals surface area contributed by atoms with Crippen LogP contribution in [0, 0.1) is 5.92 Å². The summed E-state index contributed by atoms with van der Waals surface area (Å²) in [5.41, 5.74) is 1.54. The van der Waals surface area contributed by atoms with E-state index in [-0.39, 0.29) is 18.2 Å². The lowest BCUT2D eigenvalue weighted by atomic mass is 10.0. The van der Waals surface area contributed by atoms with Crippen LogP contribution in [0.4, 0.5) is 0 Å². The van der Waals surface area contributed by atoms with Crippen LogP contribution in [-0.4, -0.2) is 35.1 Å². The number of ether oxygens (including phenoxy) is 1. The summed E-state index contributed by atoms with van der Waals surface area (Å²) in [6.45, 7) is 3.84. The third-order valence-electron chi connectivity index (χ3n) is 3.55. The van der Waals surface area contributed by atoms with Crippen LogP contribution < -0.4 is 10.1 Å². The molecule has 1 heterocycles. The Hall–Kier alpha value is -2.41. The summed E-state index contributed by atoms with van der Waals surface area (Å²) in [5, 5.41) is 14.4. The van der Waals surface area contributed by atoms with E-state index in [0.717, 1.165) is 16.3 Å². The molecule has 0 radical (unpaired) electrons. The van der Waals surface area contributed by atoms with Crippen molar-refractivity contribution in [3.05, 3.63) is 35.3 Å². The highest BCUT2D eigenvalue weighted by atomic mass is 32.1. The number of carbonyl (C=O) groups excluding carboxylic acids is 1. The van der Waals surface area contributed by atoms with E-state index in [2.05, 4.69) is 10.3 Å². The molecule has 0 bridgehead atoms. The summed E-state index contributed by atoms with van der Waals surface area (Å²) in [6, 6.07) is 6.67. The van der Waals surface area contributed by atoms with Crippen LogP contribution in [-0.2, 0) is 16.0 Å². The second-order valence-electron chi connectivity index (χ2n) is 6.14. The lowest BCUT2D eigenvalue weighted by Gasteiger charge is -2.16. The van der Waals surface area contributed by atoms with Gasteiger partial charge in [-0.3, -0.25) is 4.79 Å². The van der Waals surface area contributed by atoms with E-state index in [1.165, 1.54) is 11.3 Å². The molecule has 1 amide bonds. The van der Waals surface area contributed by atoms with Crippen molar-refractivity contribution in [3.8, 4) is 16.3 Å². The minimum absolute atomic E-state index is 0.0579. The maximum absolute atomic E-state index is 12.1. The molecule has 25 heavy (non-hydrogen) atoms. The predicted molar refractivity (Wildman–Crippen MR) is 96.8 cm³/mol. The molecule has 2 rings (SSSR count). The van der Waals surface area contributed by atoms with Crippen molar-refractivity contribution in [2.45, 2.75) is 32.7 Å². The summed E-state index contributed by atoms with van der Waals surface area (Å²) >= 11 is 1.44. The van der Waals surface area contributed by atoms with Crippen LogP contribution in [0.25, 0.3) is 10.6 Å². The zero-order valence-electron chi connectivity index (χ0n) is 14.5. The number of carbonyl (C=O) groups is 2. The number of methoxy groups -OCH3 is 1. The standard InChI is InChI=1S/C18H22N2O4S/c1-11(2)7-15(18(22)23)20-16(21)9-13-10-25-17(19-13)12-5-4-6-14(8-12)24-3/h4-6,8,10-11,15H,7,9H2,1-3H3,(H,20,21)(H,22,23)/t15-/m1/s1. The topological polar surface area (TPSA) is 88.5 Å². The minimum Gasteiger partial charge on any atom is -0.497 e. The van der Waals surface area contributed by atoms with Gasteiger partial charge >= 0.3 is 5.97 Å². The van der Waals surface area contributed by atoms with E-state index in [1.54, 1.807) is 7.11 Å². The molecule has 0 spiro atoms. The SMILES string of the molecule is COc1cccc(-c2nc(CC(=O)N[C@H](CC(C)C)C(=O)O)cs2)c1. The number of rotatable bonds is 8. The van der Waals surface area contributed by atoms with Crippen molar-refractivity contribution in [1.82, 2.24) is 10.3 Å². The first kappa shape index (κ1) is 18.9. The molecule has 0 aliphatic rings. The van der Waals surface area contributed by atoms with E-state index < -0.39 is 12.0 Å². The van der Waals surface area contributed by atoms with Gasteiger partial charge in [-0.1, -0.05) is 26.0 Å². The number of hydrogen-bond donors (Lipinski definition) is 2. The van der Waals surface area contributed by atoms with Gasteiger partial charge in [0.2, 0.25) is 5.91 Å². The monoisotopic (exact) mass is 362 g/mol. The number of benzene rings is 1. The molecular formula is C18H22N2O4S. The normalized spacial score (nSPS) is 12.0. The highest BCUT2D eigenvalue weighted by molar-refractivity contribution is 7.13. The quantitative estimate of drug-likeness (QED) is 0.754. The van der Waals surface area contributed by atoms with Crippen LogP contribution in [0.2, 0.25) is 0 Å². The molecule has 1 aromatic heterocycles. The average Bonchev–Trinajstić information content (AvgIpc) is 3.02. The third kappa shape index (κ3) is 5.56. The number of aromatic nitrogens is 1. The lowest BCUT2D eigenvalue weighted by Crippen LogP contribution is -2.42. The van der Waals surface area contributed by atoms with Crippen LogP contribution in [0.1, 0.15) is 26.0 Å². The molecule has 6 nitrogen and oxygen atoms in total. The Morgan fingerprint density at radius 2 is 2.12 bits per heavy atom. The zero-order valence-corrected chi connectivity index (χ0v) is 15.3. The van der Waals surface area contributed by atoms with Gasteiger partial charge in [0.15, 0.2) is 0 Å². The Labute approximate surface area is 150 Å². The number of hydrogen-bond acceptors (Lipinski definition) is 5. The number of aliphatic carboxylic acids is 1. The summed E-state index contributed by atoms with van der Waals surface area (Å²) in [4.78, 5) is 27.8. The molecule has 0 unspecified atom stereocenters. The van der Waals surface area contributed by atoms with Crippen molar-refractivity contribution >= 4 is 23.2 Å². The average molecular weight is 362 g/mol. The van der Waals surface area contributed by atoms with Gasteiger partial charge in [-0.15, -0.1) is 11.3 Å². The Morgan fingerprint density at radius 1 is 1.36 bits per heavy atom.